The molecule has 0 saturated heterocycles. The van der Waals surface area contributed by atoms with Crippen LogP contribution in [0.3, 0.4) is 0 Å². The molecule has 3 aromatic rings. The zero-order chi connectivity index (χ0) is 24.9. The van der Waals surface area contributed by atoms with Crippen LogP contribution in [0.2, 0.25) is 5.02 Å². The molecule has 0 spiro atoms. The van der Waals surface area contributed by atoms with Crippen molar-refractivity contribution in [2.45, 2.75) is 11.8 Å². The summed E-state index contributed by atoms with van der Waals surface area (Å²) < 4.78 is 27.4. The predicted octanol–water partition coefficient (Wildman–Crippen LogP) is 4.59. The number of nitro benzene ring substituents is 1. The van der Waals surface area contributed by atoms with Crippen molar-refractivity contribution in [3.8, 4) is 0 Å². The Morgan fingerprint density at radius 1 is 1.09 bits per heavy atom. The molecule has 0 aliphatic heterocycles. The first-order valence-corrected chi connectivity index (χ1v) is 12.1. The fraction of sp³-hybridized carbons (Fsp3) is 0.0909. The van der Waals surface area contributed by atoms with Crippen LogP contribution in [-0.4, -0.2) is 30.9 Å². The number of amides is 1. The molecular formula is C22H19ClN4O5S2. The van der Waals surface area contributed by atoms with Crippen molar-refractivity contribution in [3.63, 3.8) is 0 Å². The summed E-state index contributed by atoms with van der Waals surface area (Å²) in [4.78, 5) is 22.8. The Kier molecular flexibility index (Phi) is 7.82. The molecule has 0 aliphatic rings. The van der Waals surface area contributed by atoms with Crippen LogP contribution >= 0.6 is 23.8 Å². The number of hydrogen-bond acceptors (Lipinski definition) is 6. The second kappa shape index (κ2) is 10.6. The van der Waals surface area contributed by atoms with Gasteiger partial charge in [0.25, 0.3) is 21.6 Å². The van der Waals surface area contributed by atoms with E-state index in [0.717, 1.165) is 6.07 Å². The smallest absolute Gasteiger partial charge is 0.288 e. The highest BCUT2D eigenvalue weighted by Gasteiger charge is 2.23. The van der Waals surface area contributed by atoms with Gasteiger partial charge < -0.3 is 5.32 Å². The van der Waals surface area contributed by atoms with Crippen molar-refractivity contribution in [1.29, 1.82) is 0 Å². The van der Waals surface area contributed by atoms with Gasteiger partial charge >= 0.3 is 0 Å². The van der Waals surface area contributed by atoms with Crippen molar-refractivity contribution in [3.05, 3.63) is 93.5 Å². The van der Waals surface area contributed by atoms with E-state index in [9.17, 15) is 23.3 Å². The fourth-order valence-electron chi connectivity index (χ4n) is 3.05. The van der Waals surface area contributed by atoms with E-state index in [-0.39, 0.29) is 27.1 Å². The number of nitrogens with one attached hydrogen (secondary N) is 2. The van der Waals surface area contributed by atoms with E-state index in [1.165, 1.54) is 40.7 Å². The lowest BCUT2D eigenvalue weighted by Gasteiger charge is -2.23. The molecule has 0 atom stereocenters. The zero-order valence-electron chi connectivity index (χ0n) is 17.8. The average Bonchev–Trinajstić information content (AvgIpc) is 2.80. The number of hydrogen-bond donors (Lipinski definition) is 2. The van der Waals surface area contributed by atoms with Gasteiger partial charge in [0.2, 0.25) is 0 Å². The molecule has 0 unspecified atom stereocenters. The minimum absolute atomic E-state index is 0.00209. The van der Waals surface area contributed by atoms with E-state index in [4.69, 9.17) is 23.8 Å². The summed E-state index contributed by atoms with van der Waals surface area (Å²) in [5.41, 5.74) is 0.594. The van der Waals surface area contributed by atoms with Gasteiger partial charge in [0, 0.05) is 23.9 Å². The standard InChI is InChI=1S/C22H19ClN4O5S2/c1-2-26(17-6-4-3-5-7-17)34(31,32)18-11-9-16(10-12-18)24-22(33)25-21(28)15-8-13-19(23)20(14-15)27(29)30/h3-14H,2H2,1H3,(H2,24,25,28,33). The first-order valence-electron chi connectivity index (χ1n) is 9.87. The second-order valence-corrected chi connectivity index (χ2v) is 9.54. The Balaban J connectivity index is 1.69. The number of halogens is 1. The molecule has 0 bridgehead atoms. The number of sulfonamides is 1. The van der Waals surface area contributed by atoms with Gasteiger partial charge in [-0.25, -0.2) is 8.42 Å². The molecule has 176 valence electrons. The number of anilines is 2. The lowest BCUT2D eigenvalue weighted by Crippen LogP contribution is -2.34. The summed E-state index contributed by atoms with van der Waals surface area (Å²) in [6.45, 7) is 2.00. The first kappa shape index (κ1) is 25.1. The van der Waals surface area contributed by atoms with Crippen LogP contribution in [0.25, 0.3) is 0 Å². The van der Waals surface area contributed by atoms with Crippen molar-refractivity contribution >= 4 is 61.9 Å². The number of thiocarbonyl (C=S) groups is 1. The highest BCUT2D eigenvalue weighted by atomic mass is 35.5. The Bertz CT molecular complexity index is 1330. The number of nitro groups is 1. The molecule has 2 N–H and O–H groups in total. The van der Waals surface area contributed by atoms with E-state index < -0.39 is 26.5 Å². The molecule has 0 heterocycles. The Morgan fingerprint density at radius 2 is 1.74 bits per heavy atom. The van der Waals surface area contributed by atoms with Gasteiger partial charge in [-0.15, -0.1) is 0 Å². The third-order valence-corrected chi connectivity index (χ3v) is 7.10. The SMILES string of the molecule is CCN(c1ccccc1)S(=O)(=O)c1ccc(NC(=S)NC(=O)c2ccc(Cl)c([N+](=O)[O-])c2)cc1. The van der Waals surface area contributed by atoms with E-state index in [0.29, 0.717) is 11.4 Å². The molecule has 3 aromatic carbocycles. The largest absolute Gasteiger partial charge is 0.332 e. The molecule has 1 amide bonds. The van der Waals surface area contributed by atoms with Crippen molar-refractivity contribution < 1.29 is 18.1 Å². The van der Waals surface area contributed by atoms with Crippen LogP contribution in [0.15, 0.2) is 77.7 Å². The predicted molar refractivity (Wildman–Crippen MR) is 135 cm³/mol. The number of para-hydroxylation sites is 1. The number of carbonyl (C=O) groups excluding carboxylic acids is 1. The third-order valence-electron chi connectivity index (χ3n) is 4.66. The Labute approximate surface area is 206 Å². The number of benzene rings is 3. The molecule has 0 aliphatic carbocycles. The Hall–Kier alpha value is -3.54. The molecule has 9 nitrogen and oxygen atoms in total. The number of nitrogens with zero attached hydrogens (tertiary/aromatic N) is 2. The molecular weight excluding hydrogens is 500 g/mol. The maximum absolute atomic E-state index is 13.1. The molecule has 12 heteroatoms. The molecule has 0 saturated carbocycles. The van der Waals surface area contributed by atoms with Gasteiger partial charge in [0.05, 0.1) is 15.5 Å². The normalized spacial score (nSPS) is 10.9. The van der Waals surface area contributed by atoms with Crippen molar-refractivity contribution in [1.82, 2.24) is 5.32 Å². The minimum Gasteiger partial charge on any atom is -0.332 e. The van der Waals surface area contributed by atoms with E-state index in [1.807, 2.05) is 0 Å². The summed E-state index contributed by atoms with van der Waals surface area (Å²) in [5, 5.41) is 16.0. The lowest BCUT2D eigenvalue weighted by molar-refractivity contribution is -0.384. The molecule has 0 fully saturated rings. The van der Waals surface area contributed by atoms with Crippen LogP contribution < -0.4 is 14.9 Å². The van der Waals surface area contributed by atoms with Gasteiger partial charge in [-0.05, 0) is 67.7 Å². The zero-order valence-corrected chi connectivity index (χ0v) is 20.2. The van der Waals surface area contributed by atoms with Gasteiger partial charge in [0.15, 0.2) is 5.11 Å². The van der Waals surface area contributed by atoms with Gasteiger partial charge in [-0.3, -0.25) is 24.5 Å². The average molecular weight is 519 g/mol. The fourth-order valence-corrected chi connectivity index (χ4v) is 4.93. The molecule has 0 radical (unpaired) electrons. The molecule has 34 heavy (non-hydrogen) atoms. The van der Waals surface area contributed by atoms with Crippen molar-refractivity contribution in [2.24, 2.45) is 0 Å². The topological polar surface area (TPSA) is 122 Å². The first-order chi connectivity index (χ1) is 16.1. The van der Waals surface area contributed by atoms with Crippen LogP contribution in [-0.2, 0) is 10.0 Å². The highest BCUT2D eigenvalue weighted by molar-refractivity contribution is 7.92. The number of rotatable bonds is 7. The summed E-state index contributed by atoms with van der Waals surface area (Å²) in [6, 6.07) is 18.3. The molecule has 3 rings (SSSR count). The van der Waals surface area contributed by atoms with E-state index in [2.05, 4.69) is 10.6 Å². The Morgan fingerprint density at radius 3 is 2.32 bits per heavy atom. The van der Waals surface area contributed by atoms with Crippen LogP contribution in [0.1, 0.15) is 17.3 Å². The molecule has 0 aromatic heterocycles. The summed E-state index contributed by atoms with van der Waals surface area (Å²) in [7, 11) is -3.78. The monoisotopic (exact) mass is 518 g/mol. The van der Waals surface area contributed by atoms with Gasteiger partial charge in [-0.2, -0.15) is 0 Å². The van der Waals surface area contributed by atoms with Gasteiger partial charge in [-0.1, -0.05) is 29.8 Å². The van der Waals surface area contributed by atoms with Crippen LogP contribution in [0.5, 0.6) is 0 Å². The quantitative estimate of drug-likeness (QED) is 0.266. The third kappa shape index (κ3) is 5.68. The maximum Gasteiger partial charge on any atom is 0.288 e. The second-order valence-electron chi connectivity index (χ2n) is 6.86. The van der Waals surface area contributed by atoms with Crippen LogP contribution in [0.4, 0.5) is 17.1 Å². The van der Waals surface area contributed by atoms with Crippen LogP contribution in [0, 0.1) is 10.1 Å². The van der Waals surface area contributed by atoms with E-state index in [1.54, 1.807) is 37.3 Å². The minimum atomic E-state index is -3.78. The maximum atomic E-state index is 13.1. The number of carbonyl (C=O) groups is 1. The summed E-state index contributed by atoms with van der Waals surface area (Å²) in [5.74, 6) is -0.669. The highest BCUT2D eigenvalue weighted by Crippen LogP contribution is 2.26. The lowest BCUT2D eigenvalue weighted by atomic mass is 10.2. The van der Waals surface area contributed by atoms with Crippen molar-refractivity contribution in [2.75, 3.05) is 16.2 Å². The summed E-state index contributed by atoms with van der Waals surface area (Å²) in [6.07, 6.45) is 0. The van der Waals surface area contributed by atoms with Gasteiger partial charge in [0.1, 0.15) is 5.02 Å². The van der Waals surface area contributed by atoms with E-state index >= 15 is 0 Å². The summed E-state index contributed by atoms with van der Waals surface area (Å²) >= 11 is 10.9.